The van der Waals surface area contributed by atoms with Gasteiger partial charge >= 0.3 is 11.9 Å². The summed E-state index contributed by atoms with van der Waals surface area (Å²) in [5.41, 5.74) is 1.05. The Kier molecular flexibility index (Phi) is 6.47. The fourth-order valence-corrected chi connectivity index (χ4v) is 2.18. The van der Waals surface area contributed by atoms with Crippen LogP contribution < -0.4 is 0 Å². The number of hydrogen-bond donors (Lipinski definition) is 0. The van der Waals surface area contributed by atoms with Gasteiger partial charge in [0.2, 0.25) is 0 Å². The molecule has 0 aromatic heterocycles. The van der Waals surface area contributed by atoms with Gasteiger partial charge in [-0.15, -0.1) is 0 Å². The van der Waals surface area contributed by atoms with E-state index in [2.05, 4.69) is 0 Å². The predicted octanol–water partition coefficient (Wildman–Crippen LogP) is 2.76. The molecule has 0 amide bonds. The molecule has 0 spiro atoms. The molecule has 4 nitrogen and oxygen atoms in total. The number of esters is 2. The highest BCUT2D eigenvalue weighted by Crippen LogP contribution is 2.26. The van der Waals surface area contributed by atoms with Crippen LogP contribution in [0.3, 0.4) is 0 Å². The van der Waals surface area contributed by atoms with Gasteiger partial charge in [0.1, 0.15) is 5.57 Å². The molecule has 1 aliphatic carbocycles. The van der Waals surface area contributed by atoms with Gasteiger partial charge in [-0.25, -0.2) is 9.59 Å². The Morgan fingerprint density at radius 2 is 1.33 bits per heavy atom. The summed E-state index contributed by atoms with van der Waals surface area (Å²) in [5.74, 6) is -1.07. The zero-order valence-corrected chi connectivity index (χ0v) is 11.3. The highest BCUT2D eigenvalue weighted by molar-refractivity contribution is 6.14. The molecule has 0 heterocycles. The lowest BCUT2D eigenvalue weighted by Crippen LogP contribution is -2.20. The van der Waals surface area contributed by atoms with E-state index in [9.17, 15) is 9.59 Å². The van der Waals surface area contributed by atoms with Crippen molar-refractivity contribution in [2.24, 2.45) is 0 Å². The monoisotopic (exact) mass is 254 g/mol. The first-order chi connectivity index (χ1) is 8.70. The molecule has 18 heavy (non-hydrogen) atoms. The van der Waals surface area contributed by atoms with E-state index in [4.69, 9.17) is 9.47 Å². The second-order valence-corrected chi connectivity index (χ2v) is 4.33. The molecule has 1 saturated carbocycles. The molecule has 0 aliphatic heterocycles. The molecule has 0 aromatic carbocycles. The van der Waals surface area contributed by atoms with Crippen molar-refractivity contribution in [3.8, 4) is 0 Å². The minimum atomic E-state index is -0.534. The Morgan fingerprint density at radius 3 is 1.72 bits per heavy atom. The zero-order chi connectivity index (χ0) is 13.4. The number of allylic oxidation sites excluding steroid dienone is 1. The lowest BCUT2D eigenvalue weighted by molar-refractivity contribution is -0.146. The van der Waals surface area contributed by atoms with Crippen LogP contribution in [0.1, 0.15) is 52.4 Å². The summed E-state index contributed by atoms with van der Waals surface area (Å²) in [6, 6.07) is 0. The van der Waals surface area contributed by atoms with E-state index < -0.39 is 11.9 Å². The predicted molar refractivity (Wildman–Crippen MR) is 68.0 cm³/mol. The minimum absolute atomic E-state index is 0.139. The van der Waals surface area contributed by atoms with Crippen LogP contribution in [0, 0.1) is 0 Å². The molecule has 1 aliphatic rings. The lowest BCUT2D eigenvalue weighted by Gasteiger charge is -2.11. The summed E-state index contributed by atoms with van der Waals surface area (Å²) < 4.78 is 9.94. The number of carbonyl (C=O) groups excluding carboxylic acids is 2. The smallest absolute Gasteiger partial charge is 0.345 e. The van der Waals surface area contributed by atoms with E-state index in [0.29, 0.717) is 0 Å². The largest absolute Gasteiger partial charge is 0.462 e. The van der Waals surface area contributed by atoms with Crippen molar-refractivity contribution in [2.45, 2.75) is 52.4 Å². The molecule has 0 aromatic rings. The quantitative estimate of drug-likeness (QED) is 0.254. The third kappa shape index (κ3) is 4.17. The van der Waals surface area contributed by atoms with Crippen molar-refractivity contribution in [3.63, 3.8) is 0 Å². The minimum Gasteiger partial charge on any atom is -0.462 e. The van der Waals surface area contributed by atoms with Gasteiger partial charge in [0.15, 0.2) is 0 Å². The SMILES string of the molecule is CCOC(=O)C(C(=O)OCC)=C1CCCCCC1. The van der Waals surface area contributed by atoms with Crippen LogP contribution in [-0.2, 0) is 19.1 Å². The third-order valence-electron chi connectivity index (χ3n) is 3.02. The maximum atomic E-state index is 11.9. The Labute approximate surface area is 108 Å². The van der Waals surface area contributed by atoms with Crippen LogP contribution in [0.15, 0.2) is 11.1 Å². The van der Waals surface area contributed by atoms with Gasteiger partial charge in [-0.1, -0.05) is 12.8 Å². The molecule has 0 atom stereocenters. The van der Waals surface area contributed by atoms with E-state index in [0.717, 1.165) is 44.1 Å². The summed E-state index contributed by atoms with van der Waals surface area (Å²) >= 11 is 0. The van der Waals surface area contributed by atoms with Gasteiger partial charge in [-0.2, -0.15) is 0 Å². The van der Waals surface area contributed by atoms with Crippen LogP contribution in [0.5, 0.6) is 0 Å². The van der Waals surface area contributed by atoms with Crippen molar-refractivity contribution < 1.29 is 19.1 Å². The first kappa shape index (κ1) is 14.7. The van der Waals surface area contributed by atoms with Gasteiger partial charge in [0.25, 0.3) is 0 Å². The zero-order valence-electron chi connectivity index (χ0n) is 11.3. The fraction of sp³-hybridized carbons (Fsp3) is 0.714. The molecule has 1 fully saturated rings. The summed E-state index contributed by atoms with van der Waals surface area (Å²) in [6.07, 6.45) is 5.96. The molecule has 4 heteroatoms. The molecule has 0 bridgehead atoms. The van der Waals surface area contributed by atoms with E-state index >= 15 is 0 Å². The Balaban J connectivity index is 2.96. The Bertz CT molecular complexity index is 301. The summed E-state index contributed by atoms with van der Waals surface area (Å²) in [7, 11) is 0. The maximum Gasteiger partial charge on any atom is 0.345 e. The van der Waals surface area contributed by atoms with Gasteiger partial charge < -0.3 is 9.47 Å². The summed E-state index contributed by atoms with van der Waals surface area (Å²) in [4.78, 5) is 23.8. The van der Waals surface area contributed by atoms with Crippen LogP contribution in [-0.4, -0.2) is 25.2 Å². The fourth-order valence-electron chi connectivity index (χ4n) is 2.18. The molecule has 1 rings (SSSR count). The van der Waals surface area contributed by atoms with Gasteiger partial charge in [-0.3, -0.25) is 0 Å². The second-order valence-electron chi connectivity index (χ2n) is 4.33. The Morgan fingerprint density at radius 1 is 0.889 bits per heavy atom. The van der Waals surface area contributed by atoms with Gasteiger partial charge in [0.05, 0.1) is 13.2 Å². The van der Waals surface area contributed by atoms with Gasteiger partial charge in [-0.05, 0) is 45.1 Å². The van der Waals surface area contributed by atoms with Gasteiger partial charge in [0, 0.05) is 0 Å². The van der Waals surface area contributed by atoms with Crippen LogP contribution in [0.2, 0.25) is 0 Å². The standard InChI is InChI=1S/C14H22O4/c1-3-17-13(15)12(14(16)18-4-2)11-9-7-5-6-8-10-11/h3-10H2,1-2H3. The number of ether oxygens (including phenoxy) is 2. The highest BCUT2D eigenvalue weighted by atomic mass is 16.6. The third-order valence-corrected chi connectivity index (χ3v) is 3.02. The first-order valence-electron chi connectivity index (χ1n) is 6.77. The van der Waals surface area contributed by atoms with E-state index in [1.807, 2.05) is 0 Å². The molecular formula is C14H22O4. The summed E-state index contributed by atoms with van der Waals surface area (Å²) in [6.45, 7) is 4.01. The molecular weight excluding hydrogens is 232 g/mol. The highest BCUT2D eigenvalue weighted by Gasteiger charge is 2.25. The molecule has 0 N–H and O–H groups in total. The van der Waals surface area contributed by atoms with Crippen molar-refractivity contribution in [1.82, 2.24) is 0 Å². The van der Waals surface area contributed by atoms with Crippen LogP contribution in [0.25, 0.3) is 0 Å². The van der Waals surface area contributed by atoms with Crippen molar-refractivity contribution in [3.05, 3.63) is 11.1 Å². The van der Waals surface area contributed by atoms with Crippen molar-refractivity contribution in [2.75, 3.05) is 13.2 Å². The number of rotatable bonds is 4. The topological polar surface area (TPSA) is 52.6 Å². The molecule has 102 valence electrons. The Hall–Kier alpha value is -1.32. The number of carbonyl (C=O) groups is 2. The normalized spacial score (nSPS) is 15.8. The average molecular weight is 254 g/mol. The van der Waals surface area contributed by atoms with Crippen LogP contribution in [0.4, 0.5) is 0 Å². The molecule has 0 unspecified atom stereocenters. The van der Waals surface area contributed by atoms with E-state index in [1.54, 1.807) is 13.8 Å². The molecule has 0 saturated heterocycles. The van der Waals surface area contributed by atoms with Crippen molar-refractivity contribution >= 4 is 11.9 Å². The van der Waals surface area contributed by atoms with E-state index in [1.165, 1.54) is 0 Å². The first-order valence-corrected chi connectivity index (χ1v) is 6.77. The average Bonchev–Trinajstić information content (AvgIpc) is 2.59. The maximum absolute atomic E-state index is 11.9. The summed E-state index contributed by atoms with van der Waals surface area (Å²) in [5, 5.41) is 0. The molecule has 0 radical (unpaired) electrons. The van der Waals surface area contributed by atoms with E-state index in [-0.39, 0.29) is 18.8 Å². The van der Waals surface area contributed by atoms with Crippen molar-refractivity contribution in [1.29, 1.82) is 0 Å². The second kappa shape index (κ2) is 7.90. The number of hydrogen-bond acceptors (Lipinski definition) is 4. The lowest BCUT2D eigenvalue weighted by atomic mass is 10.0. The van der Waals surface area contributed by atoms with Crippen LogP contribution >= 0.6 is 0 Å².